The van der Waals surface area contributed by atoms with Crippen molar-refractivity contribution < 1.29 is 0 Å². The Labute approximate surface area is 163 Å². The van der Waals surface area contributed by atoms with Crippen molar-refractivity contribution in [3.8, 4) is 0 Å². The van der Waals surface area contributed by atoms with Crippen molar-refractivity contribution in [3.05, 3.63) is 32.1 Å². The third kappa shape index (κ3) is 5.17. The predicted molar refractivity (Wildman–Crippen MR) is 106 cm³/mol. The van der Waals surface area contributed by atoms with Gasteiger partial charge in [0.25, 0.3) is 0 Å². The summed E-state index contributed by atoms with van der Waals surface area (Å²) < 4.78 is 0.785. The van der Waals surface area contributed by atoms with Gasteiger partial charge in [-0.1, -0.05) is 11.6 Å². The van der Waals surface area contributed by atoms with Gasteiger partial charge in [0.05, 0.1) is 16.4 Å². The molecule has 2 aromatic rings. The quantitative estimate of drug-likeness (QED) is 0.809. The van der Waals surface area contributed by atoms with Crippen molar-refractivity contribution in [2.75, 3.05) is 25.0 Å². The maximum atomic E-state index is 6.07. The molecule has 3 rings (SSSR count). The largest absolute Gasteiger partial charge is 0.369 e. The minimum atomic E-state index is 0. The maximum absolute atomic E-state index is 6.07. The van der Waals surface area contributed by atoms with E-state index in [1.165, 1.54) is 11.3 Å². The molecule has 2 aromatic heterocycles. The average Bonchev–Trinajstić information content (AvgIpc) is 2.67. The molecule has 0 spiro atoms. The number of anilines is 1. The van der Waals surface area contributed by atoms with Crippen molar-refractivity contribution in [2.24, 2.45) is 0 Å². The number of fused-ring (bicyclic) bond motifs is 1. The fourth-order valence-corrected chi connectivity index (χ4v) is 3.74. The Morgan fingerprint density at radius 1 is 1.12 bits per heavy atom. The lowest BCUT2D eigenvalue weighted by atomic mass is 10.1. The molecule has 0 amide bonds. The second-order valence-corrected chi connectivity index (χ2v) is 7.12. The Morgan fingerprint density at radius 2 is 1.88 bits per heavy atom. The molecule has 9 heteroatoms. The highest BCUT2D eigenvalue weighted by atomic mass is 35.5. The zero-order valence-electron chi connectivity index (χ0n) is 13.7. The summed E-state index contributed by atoms with van der Waals surface area (Å²) in [5.41, 5.74) is 3.34. The van der Waals surface area contributed by atoms with Crippen LogP contribution in [0, 0.1) is 13.8 Å². The van der Waals surface area contributed by atoms with Crippen LogP contribution in [-0.2, 0) is 19.3 Å². The smallest absolute Gasteiger partial charge is 0.133 e. The molecule has 0 fully saturated rings. The second kappa shape index (κ2) is 9.73. The summed E-state index contributed by atoms with van der Waals surface area (Å²) in [6.07, 6.45) is 2.79. The van der Waals surface area contributed by atoms with E-state index < -0.39 is 0 Å². The summed E-state index contributed by atoms with van der Waals surface area (Å²) in [6.45, 7) is 6.67. The molecule has 24 heavy (non-hydrogen) atoms. The monoisotopic (exact) mass is 409 g/mol. The number of aromatic nitrogens is 3. The fourth-order valence-electron chi connectivity index (χ4n) is 2.64. The Morgan fingerprint density at radius 3 is 2.58 bits per heavy atom. The number of halogens is 3. The van der Waals surface area contributed by atoms with Gasteiger partial charge in [0.1, 0.15) is 16.0 Å². The van der Waals surface area contributed by atoms with Crippen LogP contribution in [0.5, 0.6) is 0 Å². The SMILES string of the molecule is Cc1nc2c(c(NCCc3nc(C)c(Cl)s3)n1)CCNCC2.Cl.Cl. The van der Waals surface area contributed by atoms with Gasteiger partial charge in [-0.25, -0.2) is 15.0 Å². The Bertz CT molecular complexity index is 658. The molecule has 5 nitrogen and oxygen atoms in total. The summed E-state index contributed by atoms with van der Waals surface area (Å²) in [4.78, 5) is 13.7. The molecule has 2 N–H and O–H groups in total. The van der Waals surface area contributed by atoms with Crippen LogP contribution in [-0.4, -0.2) is 34.6 Å². The first-order valence-electron chi connectivity index (χ1n) is 7.56. The number of rotatable bonds is 4. The molecule has 0 aliphatic carbocycles. The summed E-state index contributed by atoms with van der Waals surface area (Å²) in [5, 5.41) is 7.94. The third-order valence-electron chi connectivity index (χ3n) is 3.71. The summed E-state index contributed by atoms with van der Waals surface area (Å²) >= 11 is 7.62. The highest BCUT2D eigenvalue weighted by Gasteiger charge is 2.15. The van der Waals surface area contributed by atoms with E-state index in [0.29, 0.717) is 0 Å². The van der Waals surface area contributed by atoms with Gasteiger partial charge in [0.15, 0.2) is 0 Å². The molecule has 0 bridgehead atoms. The van der Waals surface area contributed by atoms with Gasteiger partial charge < -0.3 is 10.6 Å². The minimum Gasteiger partial charge on any atom is -0.369 e. The molecular weight excluding hydrogens is 389 g/mol. The lowest BCUT2D eigenvalue weighted by Crippen LogP contribution is -2.16. The summed E-state index contributed by atoms with van der Waals surface area (Å²) in [7, 11) is 0. The van der Waals surface area contributed by atoms with E-state index in [-0.39, 0.29) is 24.8 Å². The highest BCUT2D eigenvalue weighted by molar-refractivity contribution is 7.16. The van der Waals surface area contributed by atoms with E-state index in [0.717, 1.165) is 65.6 Å². The predicted octanol–water partition coefficient (Wildman–Crippen LogP) is 3.39. The van der Waals surface area contributed by atoms with Crippen LogP contribution in [0.2, 0.25) is 4.34 Å². The van der Waals surface area contributed by atoms with Crippen molar-refractivity contribution in [1.29, 1.82) is 0 Å². The van der Waals surface area contributed by atoms with Gasteiger partial charge in [0.2, 0.25) is 0 Å². The van der Waals surface area contributed by atoms with Gasteiger partial charge in [-0.15, -0.1) is 36.2 Å². The lowest BCUT2D eigenvalue weighted by Gasteiger charge is -2.13. The van der Waals surface area contributed by atoms with Gasteiger partial charge in [-0.3, -0.25) is 0 Å². The fraction of sp³-hybridized carbons (Fsp3) is 0.533. The van der Waals surface area contributed by atoms with Gasteiger partial charge >= 0.3 is 0 Å². The topological polar surface area (TPSA) is 62.7 Å². The van der Waals surface area contributed by atoms with Crippen LogP contribution in [0.15, 0.2) is 0 Å². The maximum Gasteiger partial charge on any atom is 0.133 e. The van der Waals surface area contributed by atoms with E-state index >= 15 is 0 Å². The summed E-state index contributed by atoms with van der Waals surface area (Å²) in [6, 6.07) is 0. The molecule has 0 saturated heterocycles. The molecule has 0 aromatic carbocycles. The molecular formula is C15H22Cl3N5S. The molecule has 0 unspecified atom stereocenters. The first kappa shape index (κ1) is 21.4. The van der Waals surface area contributed by atoms with Crippen molar-refractivity contribution in [3.63, 3.8) is 0 Å². The molecule has 1 aliphatic rings. The van der Waals surface area contributed by atoms with Crippen LogP contribution in [0.4, 0.5) is 5.82 Å². The van der Waals surface area contributed by atoms with E-state index in [1.807, 2.05) is 13.8 Å². The molecule has 3 heterocycles. The standard InChI is InChI=1S/C15H20ClN5S.2ClH/c1-9-14(16)22-13(19-9)5-8-18-15-11-3-6-17-7-4-12(11)20-10(2)21-15;;/h17H,3-8H2,1-2H3,(H,18,20,21);2*1H. The minimum absolute atomic E-state index is 0. The number of hydrogen-bond acceptors (Lipinski definition) is 6. The van der Waals surface area contributed by atoms with E-state index in [9.17, 15) is 0 Å². The molecule has 0 saturated carbocycles. The van der Waals surface area contributed by atoms with E-state index in [1.54, 1.807) is 11.3 Å². The Kier molecular flexibility index (Phi) is 8.67. The van der Waals surface area contributed by atoms with Gasteiger partial charge in [-0.2, -0.15) is 0 Å². The first-order chi connectivity index (χ1) is 10.6. The number of aryl methyl sites for hydroxylation is 2. The van der Waals surface area contributed by atoms with Crippen LogP contribution in [0.25, 0.3) is 0 Å². The van der Waals surface area contributed by atoms with Crippen molar-refractivity contribution >= 4 is 53.6 Å². The first-order valence-corrected chi connectivity index (χ1v) is 8.75. The second-order valence-electron chi connectivity index (χ2n) is 5.44. The highest BCUT2D eigenvalue weighted by Crippen LogP contribution is 2.24. The normalized spacial score (nSPS) is 13.3. The Balaban J connectivity index is 0.00000144. The Hall–Kier alpha value is -0.660. The average molecular weight is 411 g/mol. The van der Waals surface area contributed by atoms with Crippen LogP contribution < -0.4 is 10.6 Å². The zero-order chi connectivity index (χ0) is 15.5. The molecule has 134 valence electrons. The number of nitrogens with zero attached hydrogens (tertiary/aromatic N) is 3. The third-order valence-corrected chi connectivity index (χ3v) is 5.22. The van der Waals surface area contributed by atoms with Crippen LogP contribution in [0.3, 0.4) is 0 Å². The molecule has 0 atom stereocenters. The van der Waals surface area contributed by atoms with Gasteiger partial charge in [-0.05, 0) is 26.8 Å². The molecule has 0 radical (unpaired) electrons. The van der Waals surface area contributed by atoms with Crippen molar-refractivity contribution in [1.82, 2.24) is 20.3 Å². The van der Waals surface area contributed by atoms with E-state index in [4.69, 9.17) is 11.6 Å². The van der Waals surface area contributed by atoms with E-state index in [2.05, 4.69) is 25.6 Å². The lowest BCUT2D eigenvalue weighted by molar-refractivity contribution is 0.708. The number of nitrogens with one attached hydrogen (secondary N) is 2. The van der Waals surface area contributed by atoms with Crippen LogP contribution >= 0.6 is 47.8 Å². The zero-order valence-corrected chi connectivity index (χ0v) is 16.9. The molecule has 1 aliphatic heterocycles. The number of thiazole rings is 1. The number of hydrogen-bond donors (Lipinski definition) is 2. The summed E-state index contributed by atoms with van der Waals surface area (Å²) in [5.74, 6) is 1.81. The van der Waals surface area contributed by atoms with Crippen molar-refractivity contribution in [2.45, 2.75) is 33.1 Å². The van der Waals surface area contributed by atoms with Gasteiger partial charge in [0, 0.05) is 31.5 Å². The van der Waals surface area contributed by atoms with Crippen LogP contribution in [0.1, 0.15) is 27.8 Å².